The Morgan fingerprint density at radius 2 is 1.71 bits per heavy atom. The van der Waals surface area contributed by atoms with Crippen molar-refractivity contribution in [2.75, 3.05) is 50.6 Å². The van der Waals surface area contributed by atoms with Crippen LogP contribution in [0.3, 0.4) is 0 Å². The highest BCUT2D eigenvalue weighted by molar-refractivity contribution is 6.39. The summed E-state index contributed by atoms with van der Waals surface area (Å²) in [6, 6.07) is 13.3. The van der Waals surface area contributed by atoms with E-state index >= 15 is 0 Å². The van der Waals surface area contributed by atoms with Gasteiger partial charge in [-0.1, -0.05) is 12.1 Å². The summed E-state index contributed by atoms with van der Waals surface area (Å²) in [6.07, 6.45) is 0. The molecule has 1 aliphatic heterocycles. The van der Waals surface area contributed by atoms with Gasteiger partial charge in [-0.25, -0.2) is 0 Å². The van der Waals surface area contributed by atoms with E-state index in [1.165, 1.54) is 19.8 Å². The van der Waals surface area contributed by atoms with E-state index in [1.807, 2.05) is 6.07 Å². The fourth-order valence-corrected chi connectivity index (χ4v) is 3.22. The number of carbonyl (C=O) groups is 2. The highest BCUT2D eigenvalue weighted by atomic mass is 16.5. The Balaban J connectivity index is 1.61. The van der Waals surface area contributed by atoms with E-state index < -0.39 is 11.8 Å². The number of benzene rings is 2. The van der Waals surface area contributed by atoms with Crippen LogP contribution >= 0.6 is 0 Å². The summed E-state index contributed by atoms with van der Waals surface area (Å²) in [6.45, 7) is 4.42. The second-order valence-corrected chi connectivity index (χ2v) is 6.64. The molecule has 7 nitrogen and oxygen atoms in total. The van der Waals surface area contributed by atoms with Crippen molar-refractivity contribution in [2.24, 2.45) is 0 Å². The number of hydrogen-bond donors (Lipinski definition) is 1. The van der Waals surface area contributed by atoms with Gasteiger partial charge < -0.3 is 24.6 Å². The van der Waals surface area contributed by atoms with Crippen molar-refractivity contribution in [2.45, 2.75) is 6.92 Å². The predicted molar refractivity (Wildman–Crippen MR) is 108 cm³/mol. The van der Waals surface area contributed by atoms with Crippen LogP contribution in [0.5, 0.6) is 11.5 Å². The highest BCUT2D eigenvalue weighted by Gasteiger charge is 2.27. The van der Waals surface area contributed by atoms with E-state index in [4.69, 9.17) is 9.47 Å². The molecule has 2 amide bonds. The molecule has 0 aliphatic carbocycles. The van der Waals surface area contributed by atoms with Crippen LogP contribution < -0.4 is 19.7 Å². The molecule has 1 heterocycles. The standard InChI is InChI=1S/C21H25N3O4/c1-15-5-4-6-16(13-15)23-9-11-24(12-10-23)21(26)20(25)22-18-14-17(27-2)7-8-19(18)28-3/h4-8,13-14H,9-12H2,1-3H3,(H,22,25). The van der Waals surface area contributed by atoms with Crippen LogP contribution in [0.1, 0.15) is 5.56 Å². The van der Waals surface area contributed by atoms with Gasteiger partial charge in [0.1, 0.15) is 11.5 Å². The van der Waals surface area contributed by atoms with Crippen LogP contribution in [0.2, 0.25) is 0 Å². The van der Waals surface area contributed by atoms with E-state index in [-0.39, 0.29) is 0 Å². The first-order valence-electron chi connectivity index (χ1n) is 9.15. The van der Waals surface area contributed by atoms with Gasteiger partial charge in [0.15, 0.2) is 0 Å². The van der Waals surface area contributed by atoms with Crippen LogP contribution in [0.25, 0.3) is 0 Å². The normalized spacial score (nSPS) is 13.8. The molecule has 3 rings (SSSR count). The molecule has 0 aromatic heterocycles. The van der Waals surface area contributed by atoms with E-state index in [9.17, 15) is 9.59 Å². The zero-order chi connectivity index (χ0) is 20.1. The van der Waals surface area contributed by atoms with Gasteiger partial charge in [0.25, 0.3) is 0 Å². The third-order valence-corrected chi connectivity index (χ3v) is 4.78. The number of hydrogen-bond acceptors (Lipinski definition) is 5. The lowest BCUT2D eigenvalue weighted by molar-refractivity contribution is -0.143. The van der Waals surface area contributed by atoms with Crippen LogP contribution in [-0.4, -0.2) is 57.1 Å². The summed E-state index contributed by atoms with van der Waals surface area (Å²) in [5.74, 6) is -0.203. The van der Waals surface area contributed by atoms with Crippen LogP contribution in [0, 0.1) is 6.92 Å². The molecular formula is C21H25N3O4. The van der Waals surface area contributed by atoms with Crippen molar-refractivity contribution in [3.63, 3.8) is 0 Å². The monoisotopic (exact) mass is 383 g/mol. The number of carbonyl (C=O) groups excluding carboxylic acids is 2. The first kappa shape index (κ1) is 19.5. The maximum absolute atomic E-state index is 12.6. The fraction of sp³-hybridized carbons (Fsp3) is 0.333. The Kier molecular flexibility index (Phi) is 6.03. The molecule has 28 heavy (non-hydrogen) atoms. The summed E-state index contributed by atoms with van der Waals surface area (Å²) < 4.78 is 10.4. The number of ether oxygens (including phenoxy) is 2. The van der Waals surface area contributed by atoms with Gasteiger partial charge in [-0.3, -0.25) is 9.59 Å². The molecule has 2 aromatic carbocycles. The van der Waals surface area contributed by atoms with Crippen molar-refractivity contribution in [3.05, 3.63) is 48.0 Å². The maximum atomic E-state index is 12.6. The number of anilines is 2. The first-order chi connectivity index (χ1) is 13.5. The number of rotatable bonds is 4. The van der Waals surface area contributed by atoms with Crippen molar-refractivity contribution >= 4 is 23.2 Å². The van der Waals surface area contributed by atoms with Crippen LogP contribution in [0.4, 0.5) is 11.4 Å². The Bertz CT molecular complexity index is 860. The van der Waals surface area contributed by atoms with Gasteiger partial charge in [0.2, 0.25) is 0 Å². The Hall–Kier alpha value is -3.22. The van der Waals surface area contributed by atoms with Gasteiger partial charge in [-0.05, 0) is 36.8 Å². The predicted octanol–water partition coefficient (Wildman–Crippen LogP) is 2.30. The average Bonchev–Trinajstić information content (AvgIpc) is 2.73. The number of nitrogens with zero attached hydrogens (tertiary/aromatic N) is 2. The second-order valence-electron chi connectivity index (χ2n) is 6.64. The van der Waals surface area contributed by atoms with E-state index in [1.54, 1.807) is 23.1 Å². The second kappa shape index (κ2) is 8.65. The first-order valence-corrected chi connectivity index (χ1v) is 9.15. The third-order valence-electron chi connectivity index (χ3n) is 4.78. The lowest BCUT2D eigenvalue weighted by Crippen LogP contribution is -2.51. The Morgan fingerprint density at radius 1 is 0.964 bits per heavy atom. The van der Waals surface area contributed by atoms with Gasteiger partial charge in [-0.15, -0.1) is 0 Å². The molecular weight excluding hydrogens is 358 g/mol. The van der Waals surface area contributed by atoms with Gasteiger partial charge in [-0.2, -0.15) is 0 Å². The number of nitrogens with one attached hydrogen (secondary N) is 1. The van der Waals surface area contributed by atoms with Crippen LogP contribution in [0.15, 0.2) is 42.5 Å². The molecule has 148 valence electrons. The zero-order valence-electron chi connectivity index (χ0n) is 16.4. The lowest BCUT2D eigenvalue weighted by Gasteiger charge is -2.35. The minimum absolute atomic E-state index is 0.401. The minimum Gasteiger partial charge on any atom is -0.497 e. The fourth-order valence-electron chi connectivity index (χ4n) is 3.22. The average molecular weight is 383 g/mol. The molecule has 0 atom stereocenters. The van der Waals surface area contributed by atoms with Crippen molar-refractivity contribution in [3.8, 4) is 11.5 Å². The zero-order valence-corrected chi connectivity index (χ0v) is 16.4. The topological polar surface area (TPSA) is 71.1 Å². The molecule has 1 N–H and O–H groups in total. The summed E-state index contributed by atoms with van der Waals surface area (Å²) in [5, 5.41) is 2.63. The lowest BCUT2D eigenvalue weighted by atomic mass is 10.2. The molecule has 7 heteroatoms. The van der Waals surface area contributed by atoms with Crippen molar-refractivity contribution in [1.82, 2.24) is 4.90 Å². The van der Waals surface area contributed by atoms with Crippen LogP contribution in [-0.2, 0) is 9.59 Å². The number of piperazine rings is 1. The largest absolute Gasteiger partial charge is 0.497 e. The summed E-state index contributed by atoms with van der Waals surface area (Å²) in [7, 11) is 3.04. The van der Waals surface area contributed by atoms with Gasteiger partial charge >= 0.3 is 11.8 Å². The van der Waals surface area contributed by atoms with E-state index in [0.717, 1.165) is 5.69 Å². The van der Waals surface area contributed by atoms with E-state index in [0.29, 0.717) is 43.4 Å². The molecule has 2 aromatic rings. The number of methoxy groups -OCH3 is 2. The van der Waals surface area contributed by atoms with Crippen molar-refractivity contribution < 1.29 is 19.1 Å². The highest BCUT2D eigenvalue weighted by Crippen LogP contribution is 2.29. The number of amides is 2. The Labute approximate surface area is 164 Å². The summed E-state index contributed by atoms with van der Waals surface area (Å²) in [4.78, 5) is 28.8. The third kappa shape index (κ3) is 4.36. The molecule has 0 radical (unpaired) electrons. The van der Waals surface area contributed by atoms with Gasteiger partial charge in [0.05, 0.1) is 19.9 Å². The maximum Gasteiger partial charge on any atom is 0.314 e. The molecule has 1 fully saturated rings. The number of aryl methyl sites for hydroxylation is 1. The molecule has 0 unspecified atom stereocenters. The molecule has 1 aliphatic rings. The summed E-state index contributed by atoms with van der Waals surface area (Å²) >= 11 is 0. The minimum atomic E-state index is -0.685. The quantitative estimate of drug-likeness (QED) is 0.821. The molecule has 1 saturated heterocycles. The smallest absolute Gasteiger partial charge is 0.314 e. The summed E-state index contributed by atoms with van der Waals surface area (Å²) in [5.41, 5.74) is 2.74. The van der Waals surface area contributed by atoms with Gasteiger partial charge in [0, 0.05) is 37.9 Å². The Morgan fingerprint density at radius 3 is 2.36 bits per heavy atom. The molecule has 0 saturated carbocycles. The van der Waals surface area contributed by atoms with Crippen molar-refractivity contribution in [1.29, 1.82) is 0 Å². The van der Waals surface area contributed by atoms with E-state index in [2.05, 4.69) is 35.3 Å². The SMILES string of the molecule is COc1ccc(OC)c(NC(=O)C(=O)N2CCN(c3cccc(C)c3)CC2)c1. The molecule has 0 spiro atoms. The molecule has 0 bridgehead atoms.